The van der Waals surface area contributed by atoms with Gasteiger partial charge in [-0.05, 0) is 70.0 Å². The number of hydrogen-bond acceptors (Lipinski definition) is 2. The Morgan fingerprint density at radius 1 is 1.11 bits per heavy atom. The summed E-state index contributed by atoms with van der Waals surface area (Å²) in [6.07, 6.45) is 13.0. The molecule has 2 rings (SSSR count). The van der Waals surface area contributed by atoms with Crippen LogP contribution in [0.4, 0.5) is 0 Å². The fourth-order valence-corrected chi connectivity index (χ4v) is 4.42. The summed E-state index contributed by atoms with van der Waals surface area (Å²) < 4.78 is 0. The van der Waals surface area contributed by atoms with Crippen LogP contribution in [0.5, 0.6) is 0 Å². The molecular formula is C17H34N2. The van der Waals surface area contributed by atoms with E-state index in [1.165, 1.54) is 70.9 Å². The Bertz CT molecular complexity index is 241. The molecule has 0 unspecified atom stereocenters. The standard InChI is InChI=1S/C17H34N2/c1-14-12-15(8-5-3-4-6-10-18-2)16-9-7-11-19-17(16)13-14/h14-19H,3-13H2,1-2H3/t14-,15+,16-,17-/m1/s1. The molecule has 1 saturated heterocycles. The summed E-state index contributed by atoms with van der Waals surface area (Å²) >= 11 is 0. The van der Waals surface area contributed by atoms with Crippen LogP contribution < -0.4 is 10.6 Å². The number of fused-ring (bicyclic) bond motifs is 1. The van der Waals surface area contributed by atoms with E-state index in [-0.39, 0.29) is 0 Å². The molecule has 0 spiro atoms. The molecule has 112 valence electrons. The van der Waals surface area contributed by atoms with E-state index in [0.29, 0.717) is 0 Å². The molecule has 2 heteroatoms. The molecule has 0 aromatic carbocycles. The lowest BCUT2D eigenvalue weighted by Gasteiger charge is -2.44. The van der Waals surface area contributed by atoms with Gasteiger partial charge in [0.2, 0.25) is 0 Å². The number of hydrogen-bond donors (Lipinski definition) is 2. The summed E-state index contributed by atoms with van der Waals surface area (Å²) in [4.78, 5) is 0. The average molecular weight is 266 g/mol. The Balaban J connectivity index is 1.68. The van der Waals surface area contributed by atoms with E-state index in [1.54, 1.807) is 0 Å². The van der Waals surface area contributed by atoms with E-state index >= 15 is 0 Å². The fraction of sp³-hybridized carbons (Fsp3) is 1.00. The molecule has 1 aliphatic carbocycles. The Morgan fingerprint density at radius 2 is 1.95 bits per heavy atom. The SMILES string of the molecule is CNCCCCCC[C@H]1C[C@@H](C)C[C@H]2NCCC[C@H]12. The van der Waals surface area contributed by atoms with E-state index in [0.717, 1.165) is 23.8 Å². The van der Waals surface area contributed by atoms with Gasteiger partial charge in [0, 0.05) is 6.04 Å². The van der Waals surface area contributed by atoms with Gasteiger partial charge in [-0.3, -0.25) is 0 Å². The van der Waals surface area contributed by atoms with E-state index in [9.17, 15) is 0 Å². The highest BCUT2D eigenvalue weighted by Crippen LogP contribution is 2.40. The molecule has 2 N–H and O–H groups in total. The lowest BCUT2D eigenvalue weighted by atomic mass is 9.67. The lowest BCUT2D eigenvalue weighted by Crippen LogP contribution is -2.48. The van der Waals surface area contributed by atoms with Gasteiger partial charge >= 0.3 is 0 Å². The molecule has 0 radical (unpaired) electrons. The third-order valence-electron chi connectivity index (χ3n) is 5.36. The second-order valence-corrected chi connectivity index (χ2v) is 7.01. The molecule has 4 atom stereocenters. The zero-order valence-electron chi connectivity index (χ0n) is 13.1. The molecule has 1 aliphatic heterocycles. The topological polar surface area (TPSA) is 24.1 Å². The van der Waals surface area contributed by atoms with Gasteiger partial charge in [-0.1, -0.05) is 32.6 Å². The predicted molar refractivity (Wildman–Crippen MR) is 83.4 cm³/mol. The average Bonchev–Trinajstić information content (AvgIpc) is 2.42. The van der Waals surface area contributed by atoms with Crippen LogP contribution in [-0.4, -0.2) is 26.2 Å². The van der Waals surface area contributed by atoms with Gasteiger partial charge in [-0.15, -0.1) is 0 Å². The smallest absolute Gasteiger partial charge is 0.0100 e. The van der Waals surface area contributed by atoms with Crippen LogP contribution >= 0.6 is 0 Å². The molecule has 0 amide bonds. The molecule has 0 aromatic rings. The van der Waals surface area contributed by atoms with Gasteiger partial charge < -0.3 is 10.6 Å². The van der Waals surface area contributed by atoms with Crippen LogP contribution in [0.3, 0.4) is 0 Å². The summed E-state index contributed by atoms with van der Waals surface area (Å²) in [6.45, 7) is 4.92. The maximum atomic E-state index is 3.79. The van der Waals surface area contributed by atoms with Crippen LogP contribution in [0.1, 0.15) is 64.7 Å². The highest BCUT2D eigenvalue weighted by molar-refractivity contribution is 4.91. The van der Waals surface area contributed by atoms with Crippen molar-refractivity contribution in [1.82, 2.24) is 10.6 Å². The van der Waals surface area contributed by atoms with Crippen LogP contribution in [0, 0.1) is 17.8 Å². The fourth-order valence-electron chi connectivity index (χ4n) is 4.42. The normalized spacial score (nSPS) is 35.1. The number of unbranched alkanes of at least 4 members (excludes halogenated alkanes) is 3. The van der Waals surface area contributed by atoms with Crippen LogP contribution in [0.15, 0.2) is 0 Å². The predicted octanol–water partition coefficient (Wildman–Crippen LogP) is 3.57. The maximum absolute atomic E-state index is 3.79. The number of nitrogens with one attached hydrogen (secondary N) is 2. The first-order valence-electron chi connectivity index (χ1n) is 8.69. The number of rotatable bonds is 7. The molecular weight excluding hydrogens is 232 g/mol. The minimum atomic E-state index is 0.854. The van der Waals surface area contributed by atoms with Gasteiger partial charge in [-0.2, -0.15) is 0 Å². The Morgan fingerprint density at radius 3 is 2.79 bits per heavy atom. The van der Waals surface area contributed by atoms with Crippen molar-refractivity contribution >= 4 is 0 Å². The summed E-state index contributed by atoms with van der Waals surface area (Å²) in [5, 5.41) is 7.03. The third-order valence-corrected chi connectivity index (χ3v) is 5.36. The van der Waals surface area contributed by atoms with E-state index in [1.807, 2.05) is 0 Å². The monoisotopic (exact) mass is 266 g/mol. The molecule has 1 heterocycles. The molecule has 2 nitrogen and oxygen atoms in total. The van der Waals surface area contributed by atoms with Crippen molar-refractivity contribution in [3.63, 3.8) is 0 Å². The number of piperidine rings is 1. The summed E-state index contributed by atoms with van der Waals surface area (Å²) in [5.74, 6) is 2.97. The summed E-state index contributed by atoms with van der Waals surface area (Å²) in [7, 11) is 2.06. The summed E-state index contributed by atoms with van der Waals surface area (Å²) in [5.41, 5.74) is 0. The first-order valence-corrected chi connectivity index (χ1v) is 8.69. The molecule has 0 bridgehead atoms. The van der Waals surface area contributed by atoms with Crippen molar-refractivity contribution in [3.05, 3.63) is 0 Å². The second kappa shape index (κ2) is 8.26. The van der Waals surface area contributed by atoms with Crippen molar-refractivity contribution in [1.29, 1.82) is 0 Å². The molecule has 19 heavy (non-hydrogen) atoms. The summed E-state index contributed by atoms with van der Waals surface area (Å²) in [6, 6.07) is 0.854. The Labute approximate surface area is 120 Å². The third kappa shape index (κ3) is 4.75. The lowest BCUT2D eigenvalue weighted by molar-refractivity contribution is 0.0976. The minimum absolute atomic E-state index is 0.854. The Kier molecular flexibility index (Phi) is 6.66. The van der Waals surface area contributed by atoms with Crippen molar-refractivity contribution in [2.45, 2.75) is 70.8 Å². The van der Waals surface area contributed by atoms with Gasteiger partial charge in [0.15, 0.2) is 0 Å². The van der Waals surface area contributed by atoms with Crippen molar-refractivity contribution in [3.8, 4) is 0 Å². The quantitative estimate of drug-likeness (QED) is 0.688. The minimum Gasteiger partial charge on any atom is -0.320 e. The highest BCUT2D eigenvalue weighted by atomic mass is 14.9. The first kappa shape index (κ1) is 15.3. The van der Waals surface area contributed by atoms with Gasteiger partial charge in [0.05, 0.1) is 0 Å². The highest BCUT2D eigenvalue weighted by Gasteiger charge is 2.36. The van der Waals surface area contributed by atoms with Gasteiger partial charge in [0.1, 0.15) is 0 Å². The van der Waals surface area contributed by atoms with Crippen LogP contribution in [0.2, 0.25) is 0 Å². The van der Waals surface area contributed by atoms with E-state index in [2.05, 4.69) is 24.6 Å². The van der Waals surface area contributed by atoms with Crippen molar-refractivity contribution < 1.29 is 0 Å². The maximum Gasteiger partial charge on any atom is 0.0100 e. The zero-order valence-corrected chi connectivity index (χ0v) is 13.1. The van der Waals surface area contributed by atoms with E-state index < -0.39 is 0 Å². The Hall–Kier alpha value is -0.0800. The molecule has 2 aliphatic rings. The largest absolute Gasteiger partial charge is 0.320 e. The first-order chi connectivity index (χ1) is 9.31. The second-order valence-electron chi connectivity index (χ2n) is 7.01. The van der Waals surface area contributed by atoms with Gasteiger partial charge in [-0.25, -0.2) is 0 Å². The van der Waals surface area contributed by atoms with Crippen molar-refractivity contribution in [2.75, 3.05) is 20.1 Å². The van der Waals surface area contributed by atoms with Crippen LogP contribution in [-0.2, 0) is 0 Å². The molecule has 2 fully saturated rings. The van der Waals surface area contributed by atoms with Gasteiger partial charge in [0.25, 0.3) is 0 Å². The van der Waals surface area contributed by atoms with E-state index in [4.69, 9.17) is 0 Å². The van der Waals surface area contributed by atoms with Crippen molar-refractivity contribution in [2.24, 2.45) is 17.8 Å². The zero-order chi connectivity index (χ0) is 13.5. The molecule has 0 aromatic heterocycles. The molecule has 1 saturated carbocycles. The van der Waals surface area contributed by atoms with Crippen LogP contribution in [0.25, 0.3) is 0 Å².